The summed E-state index contributed by atoms with van der Waals surface area (Å²) in [4.78, 5) is 4.86. The lowest BCUT2D eigenvalue weighted by molar-refractivity contribution is 0.730. The van der Waals surface area contributed by atoms with Gasteiger partial charge in [0.15, 0.2) is 5.82 Å². The van der Waals surface area contributed by atoms with Crippen molar-refractivity contribution in [2.45, 2.75) is 6.04 Å². The fourth-order valence-corrected chi connectivity index (χ4v) is 3.16. The lowest BCUT2D eigenvalue weighted by Crippen LogP contribution is -2.07. The molecule has 2 heterocycles. The number of hydrogen-bond acceptors (Lipinski definition) is 3. The van der Waals surface area contributed by atoms with Crippen LogP contribution in [0.25, 0.3) is 5.69 Å². The van der Waals surface area contributed by atoms with Crippen LogP contribution in [0.2, 0.25) is 5.02 Å². The first-order chi connectivity index (χ1) is 11.3. The van der Waals surface area contributed by atoms with Crippen molar-refractivity contribution in [1.82, 2.24) is 14.8 Å². The number of benzene rings is 2. The van der Waals surface area contributed by atoms with Gasteiger partial charge in [0.2, 0.25) is 0 Å². The summed E-state index contributed by atoms with van der Waals surface area (Å²) in [6.45, 7) is 0. The minimum absolute atomic E-state index is 0.263. The molecular weight excluding hydrogens is 331 g/mol. The zero-order valence-corrected chi connectivity index (χ0v) is 13.5. The number of halogens is 2. The molecule has 0 aliphatic carbocycles. The molecule has 0 saturated heterocycles. The molecule has 3 aromatic rings. The molecule has 0 N–H and O–H groups in total. The van der Waals surface area contributed by atoms with Gasteiger partial charge in [0.1, 0.15) is 12.4 Å². The second kappa shape index (κ2) is 5.80. The molecule has 23 heavy (non-hydrogen) atoms. The van der Waals surface area contributed by atoms with E-state index in [1.165, 1.54) is 0 Å². The standard InChI is InChI=1S/C17H12Cl2N4/c18-9-14-17-22-20-10-23(17)15-7-6-12(19)8-13(15)16(21-14)11-4-2-1-3-5-11/h1-8,10,14H,9H2. The van der Waals surface area contributed by atoms with E-state index in [1.807, 2.05) is 53.1 Å². The molecule has 0 amide bonds. The van der Waals surface area contributed by atoms with Gasteiger partial charge in [0.05, 0.1) is 17.3 Å². The zero-order valence-electron chi connectivity index (χ0n) is 12.0. The van der Waals surface area contributed by atoms with Crippen molar-refractivity contribution in [3.63, 3.8) is 0 Å². The molecule has 0 radical (unpaired) electrons. The highest BCUT2D eigenvalue weighted by Crippen LogP contribution is 2.31. The van der Waals surface area contributed by atoms with Crippen LogP contribution in [0.15, 0.2) is 59.9 Å². The summed E-state index contributed by atoms with van der Waals surface area (Å²) in [5.41, 5.74) is 3.77. The first kappa shape index (κ1) is 14.4. The van der Waals surface area contributed by atoms with E-state index in [-0.39, 0.29) is 6.04 Å². The summed E-state index contributed by atoms with van der Waals surface area (Å²) < 4.78 is 1.93. The molecule has 0 saturated carbocycles. The molecule has 1 aromatic heterocycles. The predicted octanol–water partition coefficient (Wildman–Crippen LogP) is 4.05. The number of nitrogens with zero attached hydrogens (tertiary/aromatic N) is 4. The van der Waals surface area contributed by atoms with Crippen molar-refractivity contribution in [3.05, 3.63) is 76.8 Å². The number of alkyl halides is 1. The van der Waals surface area contributed by atoms with Crippen LogP contribution in [-0.4, -0.2) is 26.4 Å². The summed E-state index contributed by atoms with van der Waals surface area (Å²) in [6, 6.07) is 15.5. The lowest BCUT2D eigenvalue weighted by Gasteiger charge is -2.11. The van der Waals surface area contributed by atoms with Gasteiger partial charge >= 0.3 is 0 Å². The molecule has 2 aromatic carbocycles. The highest BCUT2D eigenvalue weighted by molar-refractivity contribution is 6.31. The van der Waals surface area contributed by atoms with E-state index in [4.69, 9.17) is 28.2 Å². The Morgan fingerprint density at radius 3 is 2.70 bits per heavy atom. The minimum Gasteiger partial charge on any atom is -0.283 e. The Morgan fingerprint density at radius 1 is 1.09 bits per heavy atom. The van der Waals surface area contributed by atoms with Gasteiger partial charge < -0.3 is 0 Å². The maximum Gasteiger partial charge on any atom is 0.163 e. The molecule has 0 fully saturated rings. The Morgan fingerprint density at radius 2 is 1.91 bits per heavy atom. The fourth-order valence-electron chi connectivity index (χ4n) is 2.78. The summed E-state index contributed by atoms with van der Waals surface area (Å²) in [5.74, 6) is 1.06. The number of rotatable bonds is 2. The predicted molar refractivity (Wildman–Crippen MR) is 91.9 cm³/mol. The summed E-state index contributed by atoms with van der Waals surface area (Å²) in [7, 11) is 0. The third-order valence-electron chi connectivity index (χ3n) is 3.82. The van der Waals surface area contributed by atoms with Crippen LogP contribution < -0.4 is 0 Å². The van der Waals surface area contributed by atoms with E-state index in [0.717, 1.165) is 28.4 Å². The molecule has 1 aliphatic heterocycles. The maximum atomic E-state index is 6.23. The molecular formula is C17H12Cl2N4. The largest absolute Gasteiger partial charge is 0.283 e. The minimum atomic E-state index is -0.263. The lowest BCUT2D eigenvalue weighted by atomic mass is 10.0. The molecule has 1 atom stereocenters. The highest BCUT2D eigenvalue weighted by Gasteiger charge is 2.26. The van der Waals surface area contributed by atoms with Gasteiger partial charge in [-0.3, -0.25) is 9.56 Å². The zero-order chi connectivity index (χ0) is 15.8. The third kappa shape index (κ3) is 2.44. The SMILES string of the molecule is ClCC1N=C(c2ccccc2)c2cc(Cl)ccc2-n2cnnc21. The molecule has 1 unspecified atom stereocenters. The second-order valence-electron chi connectivity index (χ2n) is 5.23. The summed E-state index contributed by atoms with van der Waals surface area (Å²) in [6.07, 6.45) is 1.69. The van der Waals surface area contributed by atoms with Crippen molar-refractivity contribution >= 4 is 28.9 Å². The van der Waals surface area contributed by atoms with Crippen molar-refractivity contribution in [3.8, 4) is 5.69 Å². The molecule has 1 aliphatic rings. The van der Waals surface area contributed by atoms with Crippen LogP contribution >= 0.6 is 23.2 Å². The van der Waals surface area contributed by atoms with Gasteiger partial charge in [-0.2, -0.15) is 0 Å². The smallest absolute Gasteiger partial charge is 0.163 e. The van der Waals surface area contributed by atoms with Crippen molar-refractivity contribution in [2.24, 2.45) is 4.99 Å². The van der Waals surface area contributed by atoms with E-state index >= 15 is 0 Å². The molecule has 0 spiro atoms. The molecule has 6 heteroatoms. The Hall–Kier alpha value is -2.17. The Bertz CT molecular complexity index is 887. The highest BCUT2D eigenvalue weighted by atomic mass is 35.5. The van der Waals surface area contributed by atoms with Gasteiger partial charge in [0.25, 0.3) is 0 Å². The van der Waals surface area contributed by atoms with Gasteiger partial charge in [-0.25, -0.2) is 0 Å². The van der Waals surface area contributed by atoms with Crippen LogP contribution in [-0.2, 0) is 0 Å². The van der Waals surface area contributed by atoms with E-state index < -0.39 is 0 Å². The van der Waals surface area contributed by atoms with Crippen molar-refractivity contribution in [1.29, 1.82) is 0 Å². The molecule has 114 valence electrons. The Labute approximate surface area is 143 Å². The molecule has 4 rings (SSSR count). The van der Waals surface area contributed by atoms with Gasteiger partial charge in [-0.15, -0.1) is 21.8 Å². The molecule has 0 bridgehead atoms. The van der Waals surface area contributed by atoms with Crippen molar-refractivity contribution < 1.29 is 0 Å². The van der Waals surface area contributed by atoms with Crippen LogP contribution in [0.3, 0.4) is 0 Å². The van der Waals surface area contributed by atoms with E-state index in [1.54, 1.807) is 6.33 Å². The fraction of sp³-hybridized carbons (Fsp3) is 0.118. The third-order valence-corrected chi connectivity index (χ3v) is 4.35. The van der Waals surface area contributed by atoms with E-state index in [2.05, 4.69) is 10.2 Å². The van der Waals surface area contributed by atoms with Crippen LogP contribution in [0.5, 0.6) is 0 Å². The number of aromatic nitrogens is 3. The van der Waals surface area contributed by atoms with Crippen molar-refractivity contribution in [2.75, 3.05) is 5.88 Å². The molecule has 4 nitrogen and oxygen atoms in total. The maximum absolute atomic E-state index is 6.23. The topological polar surface area (TPSA) is 43.1 Å². The number of aliphatic imine (C=N–C) groups is 1. The van der Waals surface area contributed by atoms with Crippen LogP contribution in [0, 0.1) is 0 Å². The summed E-state index contributed by atoms with van der Waals surface area (Å²) >= 11 is 12.4. The average Bonchev–Trinajstić information content (AvgIpc) is 3.01. The van der Waals surface area contributed by atoms with Gasteiger partial charge in [0, 0.05) is 16.1 Å². The average molecular weight is 343 g/mol. The first-order valence-corrected chi connectivity index (χ1v) is 8.08. The first-order valence-electron chi connectivity index (χ1n) is 7.17. The quantitative estimate of drug-likeness (QED) is 0.659. The summed E-state index contributed by atoms with van der Waals surface area (Å²) in [5, 5.41) is 8.88. The van der Waals surface area contributed by atoms with Gasteiger partial charge in [-0.05, 0) is 18.2 Å². The Balaban J connectivity index is 2.03. The number of fused-ring (bicyclic) bond motifs is 3. The van der Waals surface area contributed by atoms with Crippen LogP contribution in [0.1, 0.15) is 23.0 Å². The monoisotopic (exact) mass is 342 g/mol. The normalized spacial score (nSPS) is 16.3. The van der Waals surface area contributed by atoms with E-state index in [0.29, 0.717) is 10.9 Å². The van der Waals surface area contributed by atoms with E-state index in [9.17, 15) is 0 Å². The second-order valence-corrected chi connectivity index (χ2v) is 5.98. The van der Waals surface area contributed by atoms with Crippen LogP contribution in [0.4, 0.5) is 0 Å². The number of hydrogen-bond donors (Lipinski definition) is 0. The van der Waals surface area contributed by atoms with Gasteiger partial charge in [-0.1, -0.05) is 41.9 Å². The Kier molecular flexibility index (Phi) is 3.63.